The van der Waals surface area contributed by atoms with Crippen molar-refractivity contribution >= 4 is 15.9 Å². The van der Waals surface area contributed by atoms with Gasteiger partial charge >= 0.3 is 0 Å². The van der Waals surface area contributed by atoms with E-state index in [4.69, 9.17) is 10.6 Å². The molecule has 1 heterocycles. The summed E-state index contributed by atoms with van der Waals surface area (Å²) in [6.45, 7) is 0. The Bertz CT molecular complexity index is 511. The number of benzene rings is 1. The number of ether oxygens (including phenoxy) is 1. The van der Waals surface area contributed by atoms with Crippen LogP contribution < -0.4 is 11.3 Å². The molecule has 1 aromatic heterocycles. The number of hydrazine groups is 1. The molecule has 0 bridgehead atoms. The van der Waals surface area contributed by atoms with Crippen LogP contribution in [0.15, 0.2) is 34.9 Å². The highest BCUT2D eigenvalue weighted by atomic mass is 79.9. The van der Waals surface area contributed by atoms with Crippen molar-refractivity contribution in [1.29, 1.82) is 0 Å². The molecule has 102 valence electrons. The fourth-order valence-electron chi connectivity index (χ4n) is 2.09. The van der Waals surface area contributed by atoms with Crippen molar-refractivity contribution in [3.63, 3.8) is 0 Å². The number of methoxy groups -OCH3 is 1. The van der Waals surface area contributed by atoms with Crippen molar-refractivity contribution in [3.05, 3.63) is 46.2 Å². The zero-order valence-electron chi connectivity index (χ0n) is 10.7. The minimum absolute atomic E-state index is 0.236. The van der Waals surface area contributed by atoms with Crippen LogP contribution in [0.2, 0.25) is 0 Å². The Balaban J connectivity index is 2.40. The quantitative estimate of drug-likeness (QED) is 0.643. The van der Waals surface area contributed by atoms with Gasteiger partial charge in [0.15, 0.2) is 4.60 Å². The van der Waals surface area contributed by atoms with Crippen molar-refractivity contribution in [1.82, 2.24) is 20.4 Å². The molecule has 0 aliphatic heterocycles. The van der Waals surface area contributed by atoms with Gasteiger partial charge in [0.2, 0.25) is 0 Å². The third-order valence-electron chi connectivity index (χ3n) is 2.99. The molecule has 6 nitrogen and oxygen atoms in total. The highest BCUT2D eigenvalue weighted by Gasteiger charge is 2.29. The molecule has 2 aromatic rings. The predicted octanol–water partition coefficient (Wildman–Crippen LogP) is 1.47. The molecule has 0 radical (unpaired) electrons. The molecule has 2 rings (SSSR count). The number of nitrogens with zero attached hydrogens (tertiary/aromatic N) is 3. The first-order valence-corrected chi connectivity index (χ1v) is 6.57. The molecular weight excluding hydrogens is 310 g/mol. The first-order chi connectivity index (χ1) is 9.19. The van der Waals surface area contributed by atoms with Gasteiger partial charge in [0, 0.05) is 14.2 Å². The maximum atomic E-state index is 5.70. The SMILES string of the molecule is COC(c1ccccc1)C(NN)c1c(Br)nnn1C. The van der Waals surface area contributed by atoms with Gasteiger partial charge in [-0.1, -0.05) is 35.5 Å². The standard InChI is InChI=1S/C12H16BrN5O/c1-18-10(12(13)16-17-18)9(15-14)11(19-2)8-6-4-3-5-7-8/h3-7,9,11,15H,14H2,1-2H3. The normalized spacial score (nSPS) is 14.3. The summed E-state index contributed by atoms with van der Waals surface area (Å²) in [5.74, 6) is 5.70. The van der Waals surface area contributed by atoms with Gasteiger partial charge in [-0.15, -0.1) is 5.10 Å². The van der Waals surface area contributed by atoms with Gasteiger partial charge < -0.3 is 4.74 Å². The Labute approximate surface area is 120 Å². The zero-order chi connectivity index (χ0) is 13.8. The molecule has 0 spiro atoms. The van der Waals surface area contributed by atoms with Crippen LogP contribution in [-0.2, 0) is 11.8 Å². The first kappa shape index (κ1) is 14.1. The molecule has 1 aromatic carbocycles. The largest absolute Gasteiger partial charge is 0.375 e. The fourth-order valence-corrected chi connectivity index (χ4v) is 2.66. The Kier molecular flexibility index (Phi) is 4.65. The van der Waals surface area contributed by atoms with Crippen LogP contribution in [0.4, 0.5) is 0 Å². The molecule has 0 aliphatic rings. The first-order valence-electron chi connectivity index (χ1n) is 5.78. The van der Waals surface area contributed by atoms with Gasteiger partial charge in [0.1, 0.15) is 6.10 Å². The topological polar surface area (TPSA) is 78.0 Å². The number of halogens is 1. The molecule has 7 heteroatoms. The highest BCUT2D eigenvalue weighted by Crippen LogP contribution is 2.33. The summed E-state index contributed by atoms with van der Waals surface area (Å²) in [5, 5.41) is 7.94. The average molecular weight is 326 g/mol. The van der Waals surface area contributed by atoms with E-state index < -0.39 is 0 Å². The van der Waals surface area contributed by atoms with Crippen LogP contribution >= 0.6 is 15.9 Å². The Morgan fingerprint density at radius 3 is 2.53 bits per heavy atom. The van der Waals surface area contributed by atoms with E-state index in [1.165, 1.54) is 0 Å². The second-order valence-electron chi connectivity index (χ2n) is 4.10. The highest BCUT2D eigenvalue weighted by molar-refractivity contribution is 9.10. The van der Waals surface area contributed by atoms with Gasteiger partial charge in [0.25, 0.3) is 0 Å². The van der Waals surface area contributed by atoms with Gasteiger partial charge in [0.05, 0.1) is 11.7 Å². The van der Waals surface area contributed by atoms with Crippen molar-refractivity contribution in [3.8, 4) is 0 Å². The molecule has 2 atom stereocenters. The van der Waals surface area contributed by atoms with E-state index in [0.29, 0.717) is 4.60 Å². The number of aromatic nitrogens is 3. The smallest absolute Gasteiger partial charge is 0.153 e. The van der Waals surface area contributed by atoms with Crippen LogP contribution in [0.5, 0.6) is 0 Å². The van der Waals surface area contributed by atoms with Crippen molar-refractivity contribution in [2.45, 2.75) is 12.1 Å². The predicted molar refractivity (Wildman–Crippen MR) is 75.0 cm³/mol. The number of rotatable bonds is 5. The van der Waals surface area contributed by atoms with Gasteiger partial charge in [-0.2, -0.15) is 0 Å². The molecule has 0 amide bonds. The number of aryl methyl sites for hydroxylation is 1. The maximum Gasteiger partial charge on any atom is 0.153 e. The zero-order valence-corrected chi connectivity index (χ0v) is 12.3. The summed E-state index contributed by atoms with van der Waals surface area (Å²) in [5.41, 5.74) is 4.64. The monoisotopic (exact) mass is 325 g/mol. The van der Waals surface area contributed by atoms with Crippen LogP contribution in [-0.4, -0.2) is 22.1 Å². The lowest BCUT2D eigenvalue weighted by molar-refractivity contribution is 0.0647. The molecule has 0 fully saturated rings. The maximum absolute atomic E-state index is 5.70. The van der Waals surface area contributed by atoms with Crippen LogP contribution in [0.25, 0.3) is 0 Å². The molecule has 0 saturated carbocycles. The van der Waals surface area contributed by atoms with E-state index in [1.807, 2.05) is 37.4 Å². The number of nitrogens with two attached hydrogens (primary N) is 1. The molecule has 0 saturated heterocycles. The second-order valence-corrected chi connectivity index (χ2v) is 4.85. The summed E-state index contributed by atoms with van der Waals surface area (Å²) >= 11 is 3.38. The minimum Gasteiger partial charge on any atom is -0.375 e. The van der Waals surface area contributed by atoms with Crippen molar-refractivity contribution < 1.29 is 4.74 Å². The van der Waals surface area contributed by atoms with E-state index in [-0.39, 0.29) is 12.1 Å². The molecule has 0 aliphatic carbocycles. The van der Waals surface area contributed by atoms with Gasteiger partial charge in [-0.3, -0.25) is 5.84 Å². The van der Waals surface area contributed by atoms with Crippen LogP contribution in [0, 0.1) is 0 Å². The lowest BCUT2D eigenvalue weighted by Crippen LogP contribution is -2.35. The van der Waals surface area contributed by atoms with Gasteiger partial charge in [-0.05, 0) is 21.5 Å². The van der Waals surface area contributed by atoms with E-state index >= 15 is 0 Å². The molecule has 19 heavy (non-hydrogen) atoms. The summed E-state index contributed by atoms with van der Waals surface area (Å²) in [6.07, 6.45) is -0.236. The van der Waals surface area contributed by atoms with Crippen molar-refractivity contribution in [2.75, 3.05) is 7.11 Å². The number of hydrogen-bond acceptors (Lipinski definition) is 5. The van der Waals surface area contributed by atoms with E-state index in [2.05, 4.69) is 31.7 Å². The van der Waals surface area contributed by atoms with E-state index in [1.54, 1.807) is 11.8 Å². The Morgan fingerprint density at radius 2 is 2.05 bits per heavy atom. The van der Waals surface area contributed by atoms with Gasteiger partial charge in [-0.25, -0.2) is 10.1 Å². The third kappa shape index (κ3) is 2.84. The summed E-state index contributed by atoms with van der Waals surface area (Å²) < 4.78 is 7.91. The van der Waals surface area contributed by atoms with E-state index in [0.717, 1.165) is 11.3 Å². The lowest BCUT2D eigenvalue weighted by atomic mass is 10.0. The van der Waals surface area contributed by atoms with Crippen molar-refractivity contribution in [2.24, 2.45) is 12.9 Å². The third-order valence-corrected chi connectivity index (χ3v) is 3.55. The second kappa shape index (κ2) is 6.25. The number of hydrogen-bond donors (Lipinski definition) is 2. The molecule has 2 unspecified atom stereocenters. The lowest BCUT2D eigenvalue weighted by Gasteiger charge is -2.25. The average Bonchev–Trinajstić information content (AvgIpc) is 2.77. The minimum atomic E-state index is -0.262. The van der Waals surface area contributed by atoms with Crippen LogP contribution in [0.3, 0.4) is 0 Å². The summed E-state index contributed by atoms with van der Waals surface area (Å²) in [4.78, 5) is 0. The number of nitrogens with one attached hydrogen (secondary N) is 1. The van der Waals surface area contributed by atoms with E-state index in [9.17, 15) is 0 Å². The molecule has 3 N–H and O–H groups in total. The summed E-state index contributed by atoms with van der Waals surface area (Å²) in [7, 11) is 3.47. The Morgan fingerprint density at radius 1 is 1.37 bits per heavy atom. The molecular formula is C12H16BrN5O. The fraction of sp³-hybridized carbons (Fsp3) is 0.333. The Hall–Kier alpha value is -1.28. The summed E-state index contributed by atoms with van der Waals surface area (Å²) in [6, 6.07) is 9.62. The van der Waals surface area contributed by atoms with Crippen LogP contribution in [0.1, 0.15) is 23.4 Å².